The first-order chi connectivity index (χ1) is 16.8. The van der Waals surface area contributed by atoms with Crippen LogP contribution in [0.15, 0.2) is 30.3 Å². The van der Waals surface area contributed by atoms with Crippen LogP contribution in [-0.4, -0.2) is 83.9 Å². The lowest BCUT2D eigenvalue weighted by atomic mass is 9.75. The van der Waals surface area contributed by atoms with Gasteiger partial charge in [-0.05, 0) is 51.6 Å². The predicted octanol–water partition coefficient (Wildman–Crippen LogP) is 0.286. The van der Waals surface area contributed by atoms with Crippen LogP contribution in [0.25, 0.3) is 0 Å². The number of nitrogens with one attached hydrogen (secondary N) is 3. The van der Waals surface area contributed by atoms with E-state index in [4.69, 9.17) is 5.73 Å². The smallest absolute Gasteiger partial charge is 0.314 e. The van der Waals surface area contributed by atoms with Gasteiger partial charge in [0.25, 0.3) is 0 Å². The van der Waals surface area contributed by atoms with Gasteiger partial charge in [0.2, 0.25) is 17.7 Å². The standard InChI is InChI=1S/C25H36N6O4/c1-15(27-2)22(32)29-20-14-30(25(26)35)13-12-17-8-11-21(31(17)24(20)34)23(33)28-19-10-9-18(19)16-6-4-3-5-7-16/h3-7,15,17-21,27H,8-14H2,1-2H3,(H2,26,35)(H,28,33)(H,29,32)/t15-,17+,18+,19-,20-,21?/m0/s1. The molecule has 5 amide bonds. The molecule has 190 valence electrons. The predicted molar refractivity (Wildman–Crippen MR) is 130 cm³/mol. The van der Waals surface area contributed by atoms with Crippen molar-refractivity contribution in [1.82, 2.24) is 25.8 Å². The summed E-state index contributed by atoms with van der Waals surface area (Å²) in [4.78, 5) is 54.7. The first-order valence-electron chi connectivity index (χ1n) is 12.5. The van der Waals surface area contributed by atoms with Crippen molar-refractivity contribution in [2.75, 3.05) is 20.1 Å². The van der Waals surface area contributed by atoms with E-state index < -0.39 is 24.2 Å². The number of nitrogens with zero attached hydrogens (tertiary/aromatic N) is 2. The Morgan fingerprint density at radius 3 is 2.40 bits per heavy atom. The molecule has 10 heteroatoms. The number of nitrogens with two attached hydrogens (primary N) is 1. The molecule has 1 saturated carbocycles. The molecule has 6 atom stereocenters. The van der Waals surface area contributed by atoms with E-state index in [2.05, 4.69) is 28.1 Å². The number of carbonyl (C=O) groups excluding carboxylic acids is 4. The van der Waals surface area contributed by atoms with Crippen molar-refractivity contribution < 1.29 is 19.2 Å². The minimum atomic E-state index is -0.970. The summed E-state index contributed by atoms with van der Waals surface area (Å²) in [6.45, 7) is 2.03. The number of hydrogen-bond donors (Lipinski definition) is 4. The third kappa shape index (κ3) is 5.27. The maximum atomic E-state index is 13.7. The summed E-state index contributed by atoms with van der Waals surface area (Å²) >= 11 is 0. The molecule has 1 aromatic carbocycles. The maximum absolute atomic E-state index is 13.7. The first-order valence-corrected chi connectivity index (χ1v) is 12.5. The SMILES string of the molecule is CN[C@@H](C)C(=O)N[C@H]1CN(C(N)=O)CC[C@H]2CCC(C(=O)N[C@H]3CC[C@@H]3c3ccccc3)N2C1=O. The van der Waals surface area contributed by atoms with Crippen LogP contribution in [0.2, 0.25) is 0 Å². The summed E-state index contributed by atoms with van der Waals surface area (Å²) < 4.78 is 0. The fourth-order valence-electron chi connectivity index (χ4n) is 5.42. The Morgan fingerprint density at radius 1 is 1.03 bits per heavy atom. The fraction of sp³-hybridized carbons (Fsp3) is 0.600. The highest BCUT2D eigenvalue weighted by Crippen LogP contribution is 2.37. The van der Waals surface area contributed by atoms with Crippen molar-refractivity contribution in [3.63, 3.8) is 0 Å². The number of rotatable bonds is 6. The molecule has 35 heavy (non-hydrogen) atoms. The highest BCUT2D eigenvalue weighted by molar-refractivity contribution is 5.94. The fourth-order valence-corrected chi connectivity index (χ4v) is 5.42. The highest BCUT2D eigenvalue weighted by Gasteiger charge is 2.46. The zero-order valence-corrected chi connectivity index (χ0v) is 20.4. The van der Waals surface area contributed by atoms with E-state index in [1.54, 1.807) is 18.9 Å². The molecule has 3 aliphatic rings. The van der Waals surface area contributed by atoms with E-state index in [-0.39, 0.29) is 42.3 Å². The van der Waals surface area contributed by atoms with Crippen LogP contribution in [0, 0.1) is 0 Å². The minimum Gasteiger partial charge on any atom is -0.351 e. The van der Waals surface area contributed by atoms with Crippen molar-refractivity contribution >= 4 is 23.8 Å². The van der Waals surface area contributed by atoms with Gasteiger partial charge in [0.1, 0.15) is 12.1 Å². The second kappa shape index (κ2) is 10.6. The van der Waals surface area contributed by atoms with Crippen LogP contribution in [0.1, 0.15) is 50.5 Å². The average Bonchev–Trinajstić information content (AvgIpc) is 3.25. The summed E-state index contributed by atoms with van der Waals surface area (Å²) in [5.41, 5.74) is 6.75. The summed E-state index contributed by atoms with van der Waals surface area (Å²) in [5, 5.41) is 8.80. The molecular formula is C25H36N6O4. The van der Waals surface area contributed by atoms with Crippen LogP contribution in [0.4, 0.5) is 4.79 Å². The Kier molecular flexibility index (Phi) is 7.59. The van der Waals surface area contributed by atoms with Crippen LogP contribution >= 0.6 is 0 Å². The molecule has 1 aliphatic carbocycles. The number of primary amides is 1. The minimum absolute atomic E-state index is 0.0212. The van der Waals surface area contributed by atoms with Gasteiger partial charge in [-0.25, -0.2) is 4.79 Å². The Labute approximate surface area is 206 Å². The summed E-state index contributed by atoms with van der Waals surface area (Å²) in [5.74, 6) is -0.566. The van der Waals surface area contributed by atoms with Gasteiger partial charge in [0.15, 0.2) is 0 Å². The Balaban J connectivity index is 1.49. The quantitative estimate of drug-likeness (QED) is 0.460. The van der Waals surface area contributed by atoms with Gasteiger partial charge < -0.3 is 31.5 Å². The molecule has 1 unspecified atom stereocenters. The molecule has 0 spiro atoms. The number of hydrogen-bond acceptors (Lipinski definition) is 5. The first kappa shape index (κ1) is 25.0. The zero-order valence-electron chi connectivity index (χ0n) is 20.4. The molecule has 0 bridgehead atoms. The van der Waals surface area contributed by atoms with Gasteiger partial charge >= 0.3 is 6.03 Å². The molecule has 0 aromatic heterocycles. The number of likely N-dealkylation sites (N-methyl/N-ethyl adjacent to an activating group) is 1. The van der Waals surface area contributed by atoms with Crippen molar-refractivity contribution in [3.8, 4) is 0 Å². The van der Waals surface area contributed by atoms with Crippen LogP contribution < -0.4 is 21.7 Å². The Morgan fingerprint density at radius 2 is 1.77 bits per heavy atom. The monoisotopic (exact) mass is 484 g/mol. The third-order valence-electron chi connectivity index (χ3n) is 7.78. The lowest BCUT2D eigenvalue weighted by molar-refractivity contribution is -0.145. The van der Waals surface area contributed by atoms with Gasteiger partial charge in [-0.15, -0.1) is 0 Å². The topological polar surface area (TPSA) is 137 Å². The number of carbonyl (C=O) groups is 4. The lowest BCUT2D eigenvalue weighted by Crippen LogP contribution is -2.63. The summed E-state index contributed by atoms with van der Waals surface area (Å²) in [6.07, 6.45) is 3.68. The van der Waals surface area contributed by atoms with E-state index in [1.807, 2.05) is 18.2 Å². The average molecular weight is 485 g/mol. The molecule has 0 radical (unpaired) electrons. The molecule has 5 N–H and O–H groups in total. The van der Waals surface area contributed by atoms with Crippen molar-refractivity contribution in [1.29, 1.82) is 0 Å². The van der Waals surface area contributed by atoms with Crippen LogP contribution in [0.5, 0.6) is 0 Å². The van der Waals surface area contributed by atoms with Crippen molar-refractivity contribution in [2.24, 2.45) is 5.73 Å². The summed E-state index contributed by atoms with van der Waals surface area (Å²) in [7, 11) is 1.65. The second-order valence-electron chi connectivity index (χ2n) is 9.85. The lowest BCUT2D eigenvalue weighted by Gasteiger charge is -2.41. The van der Waals surface area contributed by atoms with Gasteiger partial charge in [0, 0.05) is 24.5 Å². The van der Waals surface area contributed by atoms with Crippen molar-refractivity contribution in [3.05, 3.63) is 35.9 Å². The molecule has 2 aliphatic heterocycles. The largest absolute Gasteiger partial charge is 0.351 e. The van der Waals surface area contributed by atoms with E-state index in [0.717, 1.165) is 12.8 Å². The normalized spacial score (nSPS) is 29.3. The molecule has 2 saturated heterocycles. The molecule has 1 aromatic rings. The van der Waals surface area contributed by atoms with Crippen molar-refractivity contribution in [2.45, 2.75) is 75.2 Å². The van der Waals surface area contributed by atoms with Gasteiger partial charge in [-0.3, -0.25) is 14.4 Å². The number of benzene rings is 1. The van der Waals surface area contributed by atoms with Crippen LogP contribution in [0.3, 0.4) is 0 Å². The summed E-state index contributed by atoms with van der Waals surface area (Å²) in [6, 6.07) is 7.31. The highest BCUT2D eigenvalue weighted by atomic mass is 16.2. The zero-order chi connectivity index (χ0) is 25.1. The van der Waals surface area contributed by atoms with Gasteiger partial charge in [-0.1, -0.05) is 30.3 Å². The Hall–Kier alpha value is -3.14. The molecule has 3 fully saturated rings. The number of fused-ring (bicyclic) bond motifs is 1. The molecule has 4 rings (SSSR count). The molecule has 10 nitrogen and oxygen atoms in total. The Bertz CT molecular complexity index is 957. The maximum Gasteiger partial charge on any atom is 0.314 e. The van der Waals surface area contributed by atoms with Gasteiger partial charge in [0.05, 0.1) is 12.6 Å². The van der Waals surface area contributed by atoms with Gasteiger partial charge in [-0.2, -0.15) is 0 Å². The van der Waals surface area contributed by atoms with E-state index >= 15 is 0 Å². The second-order valence-corrected chi connectivity index (χ2v) is 9.85. The number of urea groups is 1. The molecule has 2 heterocycles. The number of amides is 5. The van der Waals surface area contributed by atoms with Crippen LogP contribution in [-0.2, 0) is 14.4 Å². The van der Waals surface area contributed by atoms with E-state index in [0.29, 0.717) is 25.8 Å². The molecular weight excluding hydrogens is 448 g/mol. The third-order valence-corrected chi connectivity index (χ3v) is 7.78. The van der Waals surface area contributed by atoms with E-state index in [1.165, 1.54) is 10.5 Å². The van der Waals surface area contributed by atoms with E-state index in [9.17, 15) is 19.2 Å².